The Kier molecular flexibility index (Phi) is 4.77. The Morgan fingerprint density at radius 3 is 2.75 bits per heavy atom. The average molecular weight is 357 g/mol. The Morgan fingerprint density at radius 1 is 1.40 bits per heavy atom. The molecule has 0 atom stereocenters. The van der Waals surface area contributed by atoms with E-state index in [0.717, 1.165) is 8.66 Å². The monoisotopic (exact) mass is 356 g/mol. The van der Waals surface area contributed by atoms with Gasteiger partial charge in [0.15, 0.2) is 0 Å². The predicted molar refractivity (Wildman–Crippen MR) is 83.6 cm³/mol. The summed E-state index contributed by atoms with van der Waals surface area (Å²) in [6.45, 7) is 2.29. The van der Waals surface area contributed by atoms with Gasteiger partial charge in [0.25, 0.3) is 0 Å². The van der Waals surface area contributed by atoms with Crippen LogP contribution in [0.15, 0.2) is 34.1 Å². The number of benzene rings is 1. The largest absolute Gasteiger partial charge is 0.322 e. The zero-order valence-electron chi connectivity index (χ0n) is 11.1. The molecule has 0 bridgehead atoms. The van der Waals surface area contributed by atoms with Crippen molar-refractivity contribution in [1.82, 2.24) is 4.90 Å². The maximum atomic E-state index is 13.0. The van der Waals surface area contributed by atoms with Crippen LogP contribution in [0.2, 0.25) is 0 Å². The summed E-state index contributed by atoms with van der Waals surface area (Å²) < 4.78 is 14.0. The third-order valence-corrected chi connectivity index (χ3v) is 4.41. The maximum absolute atomic E-state index is 13.0. The number of nitrogens with one attached hydrogen (secondary N) is 1. The standard InChI is InChI=1S/C14H14BrFN2OS/c1-9-7-10(16)3-5-12(9)17-14(19)18(2)8-11-4-6-13(15)20-11/h3-7H,8H2,1-2H3,(H,17,19). The smallest absolute Gasteiger partial charge is 0.321 e. The first-order valence-corrected chi connectivity index (χ1v) is 7.59. The first-order chi connectivity index (χ1) is 9.45. The number of hydrogen-bond donors (Lipinski definition) is 1. The zero-order valence-corrected chi connectivity index (χ0v) is 13.5. The molecule has 0 spiro atoms. The number of nitrogens with zero attached hydrogens (tertiary/aromatic N) is 1. The quantitative estimate of drug-likeness (QED) is 0.854. The lowest BCUT2D eigenvalue weighted by atomic mass is 10.2. The minimum absolute atomic E-state index is 0.218. The molecule has 0 aliphatic rings. The summed E-state index contributed by atoms with van der Waals surface area (Å²) in [5.41, 5.74) is 1.32. The topological polar surface area (TPSA) is 32.3 Å². The van der Waals surface area contributed by atoms with Crippen LogP contribution in [-0.4, -0.2) is 18.0 Å². The first kappa shape index (κ1) is 15.0. The molecule has 1 N–H and O–H groups in total. The third-order valence-electron chi connectivity index (χ3n) is 2.80. The molecule has 3 nitrogen and oxygen atoms in total. The molecule has 0 fully saturated rings. The van der Waals surface area contributed by atoms with Gasteiger partial charge in [-0.2, -0.15) is 0 Å². The summed E-state index contributed by atoms with van der Waals surface area (Å²) in [5, 5.41) is 2.78. The van der Waals surface area contributed by atoms with E-state index in [1.165, 1.54) is 12.1 Å². The fourth-order valence-electron chi connectivity index (χ4n) is 1.72. The van der Waals surface area contributed by atoms with Crippen molar-refractivity contribution in [2.24, 2.45) is 0 Å². The van der Waals surface area contributed by atoms with Crippen molar-refractivity contribution in [2.75, 3.05) is 12.4 Å². The summed E-state index contributed by atoms with van der Waals surface area (Å²) >= 11 is 4.98. The third kappa shape index (κ3) is 3.80. The molecule has 0 unspecified atom stereocenters. The van der Waals surface area contributed by atoms with Crippen molar-refractivity contribution >= 4 is 39.0 Å². The van der Waals surface area contributed by atoms with Gasteiger partial charge in [0.2, 0.25) is 0 Å². The van der Waals surface area contributed by atoms with Gasteiger partial charge in [-0.1, -0.05) is 0 Å². The Labute approximate surface area is 129 Å². The van der Waals surface area contributed by atoms with Crippen LogP contribution in [0.25, 0.3) is 0 Å². The molecule has 0 saturated heterocycles. The number of amides is 2. The molecule has 0 aliphatic heterocycles. The summed E-state index contributed by atoms with van der Waals surface area (Å²) in [4.78, 5) is 14.7. The van der Waals surface area contributed by atoms with E-state index in [2.05, 4.69) is 21.2 Å². The van der Waals surface area contributed by atoms with Gasteiger partial charge < -0.3 is 10.2 Å². The van der Waals surface area contributed by atoms with Gasteiger partial charge in [-0.05, 0) is 58.7 Å². The van der Waals surface area contributed by atoms with Crippen LogP contribution in [0.1, 0.15) is 10.4 Å². The molecule has 2 rings (SSSR count). The minimum atomic E-state index is -0.308. The van der Waals surface area contributed by atoms with Gasteiger partial charge in [0.1, 0.15) is 5.82 Å². The summed E-state index contributed by atoms with van der Waals surface area (Å²) in [6.07, 6.45) is 0. The van der Waals surface area contributed by atoms with E-state index >= 15 is 0 Å². The first-order valence-electron chi connectivity index (χ1n) is 5.98. The fourth-order valence-corrected chi connectivity index (χ4v) is 3.26. The van der Waals surface area contributed by atoms with Crippen LogP contribution in [0.4, 0.5) is 14.9 Å². The number of thiophene rings is 1. The maximum Gasteiger partial charge on any atom is 0.321 e. The van der Waals surface area contributed by atoms with Gasteiger partial charge >= 0.3 is 6.03 Å². The Balaban J connectivity index is 2.00. The highest BCUT2D eigenvalue weighted by Crippen LogP contribution is 2.23. The van der Waals surface area contributed by atoms with Crippen LogP contribution in [0, 0.1) is 12.7 Å². The summed E-state index contributed by atoms with van der Waals surface area (Å²) in [6, 6.07) is 8.00. The van der Waals surface area contributed by atoms with Crippen molar-refractivity contribution in [2.45, 2.75) is 13.5 Å². The fraction of sp³-hybridized carbons (Fsp3) is 0.214. The molecular weight excluding hydrogens is 343 g/mol. The van der Waals surface area contributed by atoms with Crippen LogP contribution < -0.4 is 5.32 Å². The number of aryl methyl sites for hydroxylation is 1. The van der Waals surface area contributed by atoms with E-state index in [0.29, 0.717) is 17.8 Å². The number of halogens is 2. The second-order valence-electron chi connectivity index (χ2n) is 4.45. The van der Waals surface area contributed by atoms with Crippen LogP contribution in [0.3, 0.4) is 0 Å². The molecule has 0 aliphatic carbocycles. The number of hydrogen-bond acceptors (Lipinski definition) is 2. The Morgan fingerprint density at radius 2 is 2.15 bits per heavy atom. The average Bonchev–Trinajstić information content (AvgIpc) is 2.78. The molecular formula is C14H14BrFN2OS. The van der Waals surface area contributed by atoms with Gasteiger partial charge in [-0.25, -0.2) is 9.18 Å². The number of urea groups is 1. The van der Waals surface area contributed by atoms with Gasteiger partial charge in [0, 0.05) is 17.6 Å². The van der Waals surface area contributed by atoms with Crippen molar-refractivity contribution in [3.8, 4) is 0 Å². The lowest BCUT2D eigenvalue weighted by Gasteiger charge is -2.18. The SMILES string of the molecule is Cc1cc(F)ccc1NC(=O)N(C)Cc1ccc(Br)s1. The number of carbonyl (C=O) groups is 1. The van der Waals surface area contributed by atoms with E-state index in [1.54, 1.807) is 36.3 Å². The second-order valence-corrected chi connectivity index (χ2v) is 7.00. The predicted octanol–water partition coefficient (Wildman–Crippen LogP) is 4.62. The highest BCUT2D eigenvalue weighted by Gasteiger charge is 2.12. The molecule has 1 aromatic carbocycles. The van der Waals surface area contributed by atoms with E-state index in [4.69, 9.17) is 0 Å². The Hall–Kier alpha value is -1.40. The Bertz CT molecular complexity index is 629. The highest BCUT2D eigenvalue weighted by molar-refractivity contribution is 9.11. The molecule has 1 heterocycles. The molecule has 2 aromatic rings. The van der Waals surface area contributed by atoms with E-state index in [9.17, 15) is 9.18 Å². The van der Waals surface area contributed by atoms with Crippen molar-refractivity contribution in [1.29, 1.82) is 0 Å². The lowest BCUT2D eigenvalue weighted by molar-refractivity contribution is 0.221. The van der Waals surface area contributed by atoms with E-state index < -0.39 is 0 Å². The molecule has 0 radical (unpaired) electrons. The molecule has 106 valence electrons. The number of rotatable bonds is 3. The van der Waals surface area contributed by atoms with Crippen LogP contribution in [-0.2, 0) is 6.54 Å². The van der Waals surface area contributed by atoms with Gasteiger partial charge in [-0.3, -0.25) is 0 Å². The van der Waals surface area contributed by atoms with E-state index in [-0.39, 0.29) is 11.8 Å². The van der Waals surface area contributed by atoms with Crippen molar-refractivity contribution < 1.29 is 9.18 Å². The normalized spacial score (nSPS) is 10.4. The van der Waals surface area contributed by atoms with Crippen molar-refractivity contribution in [3.63, 3.8) is 0 Å². The number of anilines is 1. The molecule has 0 saturated carbocycles. The zero-order chi connectivity index (χ0) is 14.7. The lowest BCUT2D eigenvalue weighted by Crippen LogP contribution is -2.30. The van der Waals surface area contributed by atoms with Crippen LogP contribution >= 0.6 is 27.3 Å². The molecule has 1 aromatic heterocycles. The second kappa shape index (κ2) is 6.37. The van der Waals surface area contributed by atoms with Gasteiger partial charge in [-0.15, -0.1) is 11.3 Å². The highest BCUT2D eigenvalue weighted by atomic mass is 79.9. The minimum Gasteiger partial charge on any atom is -0.322 e. The molecule has 6 heteroatoms. The van der Waals surface area contributed by atoms with Gasteiger partial charge in [0.05, 0.1) is 10.3 Å². The summed E-state index contributed by atoms with van der Waals surface area (Å²) in [5.74, 6) is -0.308. The molecule has 2 amide bonds. The van der Waals surface area contributed by atoms with Crippen molar-refractivity contribution in [3.05, 3.63) is 50.4 Å². The summed E-state index contributed by atoms with van der Waals surface area (Å²) in [7, 11) is 1.72. The molecule has 20 heavy (non-hydrogen) atoms. The van der Waals surface area contributed by atoms with E-state index in [1.807, 2.05) is 12.1 Å². The number of carbonyl (C=O) groups excluding carboxylic acids is 1. The van der Waals surface area contributed by atoms with Crippen LogP contribution in [0.5, 0.6) is 0 Å².